The Kier molecular flexibility index (Phi) is 3.25. The molecule has 0 spiro atoms. The van der Waals surface area contributed by atoms with Gasteiger partial charge in [-0.2, -0.15) is 0 Å². The van der Waals surface area contributed by atoms with E-state index in [2.05, 4.69) is 10.6 Å². The van der Waals surface area contributed by atoms with Crippen LogP contribution in [0.4, 0.5) is 0 Å². The lowest BCUT2D eigenvalue weighted by Gasteiger charge is -2.29. The van der Waals surface area contributed by atoms with E-state index in [0.29, 0.717) is 0 Å². The van der Waals surface area contributed by atoms with Crippen molar-refractivity contribution in [2.24, 2.45) is 5.92 Å². The molecule has 13 heavy (non-hydrogen) atoms. The second kappa shape index (κ2) is 4.23. The van der Waals surface area contributed by atoms with Gasteiger partial charge in [-0.05, 0) is 0 Å². The Morgan fingerprint density at radius 2 is 2.15 bits per heavy atom. The van der Waals surface area contributed by atoms with Gasteiger partial charge in [-0.1, -0.05) is 0 Å². The lowest BCUT2D eigenvalue weighted by atomic mass is 10.0. The van der Waals surface area contributed by atoms with E-state index < -0.39 is 0 Å². The highest BCUT2D eigenvalue weighted by molar-refractivity contribution is 5.86. The van der Waals surface area contributed by atoms with Crippen LogP contribution >= 0.6 is 0 Å². The highest BCUT2D eigenvalue weighted by Crippen LogP contribution is 2.06. The molecule has 1 fully saturated rings. The summed E-state index contributed by atoms with van der Waals surface area (Å²) in [5, 5.41) is 5.49. The van der Waals surface area contributed by atoms with Crippen molar-refractivity contribution in [3.8, 4) is 0 Å². The summed E-state index contributed by atoms with van der Waals surface area (Å²) >= 11 is 0. The monoisotopic (exact) mass is 185 g/mol. The molecular weight excluding hydrogens is 170 g/mol. The van der Waals surface area contributed by atoms with E-state index in [-0.39, 0.29) is 24.3 Å². The second-order valence-electron chi connectivity index (χ2n) is 3.22. The number of carbonyl (C=O) groups is 2. The summed E-state index contributed by atoms with van der Waals surface area (Å²) < 4.78 is 0. The number of rotatable bonds is 3. The van der Waals surface area contributed by atoms with Crippen molar-refractivity contribution in [3.05, 3.63) is 0 Å². The van der Waals surface area contributed by atoms with Crippen molar-refractivity contribution >= 4 is 11.8 Å². The molecule has 1 rings (SSSR count). The zero-order valence-electron chi connectivity index (χ0n) is 7.96. The Morgan fingerprint density at radius 3 is 2.54 bits per heavy atom. The fourth-order valence-electron chi connectivity index (χ4n) is 1.15. The quantitative estimate of drug-likeness (QED) is 0.557. The summed E-state index contributed by atoms with van der Waals surface area (Å²) in [7, 11) is 3.21. The summed E-state index contributed by atoms with van der Waals surface area (Å²) in [6.07, 6.45) is 0. The fourth-order valence-corrected chi connectivity index (χ4v) is 1.15. The van der Waals surface area contributed by atoms with Gasteiger partial charge in [0.15, 0.2) is 0 Å². The first kappa shape index (κ1) is 9.98. The maximum absolute atomic E-state index is 11.5. The maximum Gasteiger partial charge on any atom is 0.239 e. The first-order chi connectivity index (χ1) is 6.15. The van der Waals surface area contributed by atoms with Crippen molar-refractivity contribution in [1.29, 1.82) is 0 Å². The number of nitrogens with one attached hydrogen (secondary N) is 2. The predicted octanol–water partition coefficient (Wildman–Crippen LogP) is -1.59. The van der Waals surface area contributed by atoms with Crippen LogP contribution in [0.15, 0.2) is 0 Å². The standard InChI is InChI=1S/C8H15N3O2/c1-9-7(12)5-11(2)8(13)6-3-10-4-6/h6,10H,3-5H2,1-2H3,(H,9,12). The molecule has 1 saturated heterocycles. The summed E-state index contributed by atoms with van der Waals surface area (Å²) in [5.74, 6) is -0.0276. The number of carbonyl (C=O) groups excluding carboxylic acids is 2. The molecule has 0 aromatic carbocycles. The highest BCUT2D eigenvalue weighted by atomic mass is 16.2. The Hall–Kier alpha value is -1.10. The minimum atomic E-state index is -0.136. The molecule has 2 amide bonds. The van der Waals surface area contributed by atoms with Crippen molar-refractivity contribution in [2.75, 3.05) is 33.7 Å². The molecule has 5 nitrogen and oxygen atoms in total. The minimum absolute atomic E-state index is 0.0438. The molecule has 0 aromatic rings. The number of amides is 2. The summed E-state index contributed by atoms with van der Waals surface area (Å²) in [5.41, 5.74) is 0. The third kappa shape index (κ3) is 2.42. The Morgan fingerprint density at radius 1 is 1.54 bits per heavy atom. The summed E-state index contributed by atoms with van der Waals surface area (Å²) in [6, 6.07) is 0. The van der Waals surface area contributed by atoms with Gasteiger partial charge in [0.25, 0.3) is 0 Å². The van der Waals surface area contributed by atoms with E-state index >= 15 is 0 Å². The van der Waals surface area contributed by atoms with Crippen LogP contribution in [0, 0.1) is 5.92 Å². The number of nitrogens with zero attached hydrogens (tertiary/aromatic N) is 1. The molecule has 74 valence electrons. The fraction of sp³-hybridized carbons (Fsp3) is 0.750. The first-order valence-electron chi connectivity index (χ1n) is 4.31. The first-order valence-corrected chi connectivity index (χ1v) is 4.31. The van der Waals surface area contributed by atoms with Crippen LogP contribution in [0.5, 0.6) is 0 Å². The molecule has 1 heterocycles. The number of hydrogen-bond acceptors (Lipinski definition) is 3. The Bertz CT molecular complexity index is 213. The van der Waals surface area contributed by atoms with E-state index in [4.69, 9.17) is 0 Å². The van der Waals surface area contributed by atoms with Crippen LogP contribution in [0.1, 0.15) is 0 Å². The summed E-state index contributed by atoms with van der Waals surface area (Å²) in [6.45, 7) is 1.61. The zero-order valence-corrected chi connectivity index (χ0v) is 7.96. The van der Waals surface area contributed by atoms with Gasteiger partial charge in [0.05, 0.1) is 12.5 Å². The van der Waals surface area contributed by atoms with Gasteiger partial charge in [-0.3, -0.25) is 9.59 Å². The van der Waals surface area contributed by atoms with Crippen LogP contribution in [-0.4, -0.2) is 50.4 Å². The normalized spacial score (nSPS) is 16.2. The maximum atomic E-state index is 11.5. The van der Waals surface area contributed by atoms with Gasteiger partial charge in [0.2, 0.25) is 11.8 Å². The second-order valence-corrected chi connectivity index (χ2v) is 3.22. The predicted molar refractivity (Wildman–Crippen MR) is 48.1 cm³/mol. The molecule has 1 aliphatic rings. The van der Waals surface area contributed by atoms with E-state index in [9.17, 15) is 9.59 Å². The molecule has 0 bridgehead atoms. The van der Waals surface area contributed by atoms with Gasteiger partial charge in [0, 0.05) is 27.2 Å². The zero-order chi connectivity index (χ0) is 9.84. The van der Waals surface area contributed by atoms with Crippen LogP contribution in [0.25, 0.3) is 0 Å². The van der Waals surface area contributed by atoms with Crippen molar-refractivity contribution < 1.29 is 9.59 Å². The van der Waals surface area contributed by atoms with Crippen LogP contribution in [0.3, 0.4) is 0 Å². The summed E-state index contributed by atoms with van der Waals surface area (Å²) in [4.78, 5) is 23.9. The minimum Gasteiger partial charge on any atom is -0.358 e. The van der Waals surface area contributed by atoms with Crippen LogP contribution in [0.2, 0.25) is 0 Å². The molecule has 0 saturated carbocycles. The lowest BCUT2D eigenvalue weighted by molar-refractivity contribution is -0.139. The molecule has 0 radical (unpaired) electrons. The molecule has 0 aromatic heterocycles. The third-order valence-electron chi connectivity index (χ3n) is 2.17. The molecule has 5 heteroatoms. The van der Waals surface area contributed by atoms with Crippen LogP contribution < -0.4 is 10.6 Å². The van der Waals surface area contributed by atoms with Gasteiger partial charge >= 0.3 is 0 Å². The number of hydrogen-bond donors (Lipinski definition) is 2. The topological polar surface area (TPSA) is 61.4 Å². The molecule has 0 atom stereocenters. The smallest absolute Gasteiger partial charge is 0.239 e. The SMILES string of the molecule is CNC(=O)CN(C)C(=O)C1CNC1. The largest absolute Gasteiger partial charge is 0.358 e. The van der Waals surface area contributed by atoms with E-state index in [0.717, 1.165) is 13.1 Å². The average molecular weight is 185 g/mol. The van der Waals surface area contributed by atoms with Crippen molar-refractivity contribution in [1.82, 2.24) is 15.5 Å². The molecule has 0 aliphatic carbocycles. The van der Waals surface area contributed by atoms with Gasteiger partial charge in [-0.25, -0.2) is 0 Å². The van der Waals surface area contributed by atoms with Gasteiger partial charge in [-0.15, -0.1) is 0 Å². The van der Waals surface area contributed by atoms with Crippen LogP contribution in [-0.2, 0) is 9.59 Å². The van der Waals surface area contributed by atoms with Gasteiger partial charge < -0.3 is 15.5 Å². The van der Waals surface area contributed by atoms with Crippen molar-refractivity contribution in [3.63, 3.8) is 0 Å². The molecule has 1 aliphatic heterocycles. The van der Waals surface area contributed by atoms with E-state index in [1.807, 2.05) is 0 Å². The molecular formula is C8H15N3O2. The lowest BCUT2D eigenvalue weighted by Crippen LogP contribution is -2.52. The van der Waals surface area contributed by atoms with Gasteiger partial charge in [0.1, 0.15) is 0 Å². The number of likely N-dealkylation sites (N-methyl/N-ethyl adjacent to an activating group) is 2. The highest BCUT2D eigenvalue weighted by Gasteiger charge is 2.27. The Labute approximate surface area is 77.5 Å². The molecule has 0 unspecified atom stereocenters. The van der Waals surface area contributed by atoms with E-state index in [1.54, 1.807) is 14.1 Å². The third-order valence-corrected chi connectivity index (χ3v) is 2.17. The Balaban J connectivity index is 2.33. The average Bonchev–Trinajstić information content (AvgIpc) is 2.00. The molecule has 2 N–H and O–H groups in total. The van der Waals surface area contributed by atoms with Crippen molar-refractivity contribution in [2.45, 2.75) is 0 Å². The van der Waals surface area contributed by atoms with E-state index in [1.165, 1.54) is 4.90 Å².